The quantitative estimate of drug-likeness (QED) is 0.817. The predicted octanol–water partition coefficient (Wildman–Crippen LogP) is 0.583. The lowest BCUT2D eigenvalue weighted by Crippen LogP contribution is -2.20. The zero-order valence-corrected chi connectivity index (χ0v) is 8.16. The highest BCUT2D eigenvalue weighted by Gasteiger charge is 2.06. The summed E-state index contributed by atoms with van der Waals surface area (Å²) in [6.45, 7) is 0.191. The highest BCUT2D eigenvalue weighted by molar-refractivity contribution is 5.87. The van der Waals surface area contributed by atoms with E-state index in [-0.39, 0.29) is 17.7 Å². The van der Waals surface area contributed by atoms with Gasteiger partial charge in [0.15, 0.2) is 0 Å². The van der Waals surface area contributed by atoms with E-state index in [2.05, 4.69) is 9.68 Å². The van der Waals surface area contributed by atoms with Crippen LogP contribution in [0.2, 0.25) is 0 Å². The fourth-order valence-corrected chi connectivity index (χ4v) is 1.28. The summed E-state index contributed by atoms with van der Waals surface area (Å²) in [5.74, 6) is -1.08. The number of carbonyl (C=O) groups is 1. The third-order valence-corrected chi connectivity index (χ3v) is 2.05. The van der Waals surface area contributed by atoms with Crippen LogP contribution in [-0.4, -0.2) is 20.8 Å². The van der Waals surface area contributed by atoms with Gasteiger partial charge in [-0.15, -0.1) is 0 Å². The molecule has 1 N–H and O–H groups in total. The molecule has 0 amide bonds. The van der Waals surface area contributed by atoms with Crippen LogP contribution in [0.25, 0.3) is 0 Å². The van der Waals surface area contributed by atoms with Gasteiger partial charge in [-0.2, -0.15) is 0 Å². The lowest BCUT2D eigenvalue weighted by molar-refractivity contribution is 0.0696. The number of pyridine rings is 1. The van der Waals surface area contributed by atoms with E-state index in [0.717, 1.165) is 0 Å². The molecule has 6 nitrogen and oxygen atoms in total. The Balaban J connectivity index is 2.36. The van der Waals surface area contributed by atoms with Crippen molar-refractivity contribution in [1.82, 2.24) is 9.72 Å². The van der Waals surface area contributed by atoms with Crippen molar-refractivity contribution in [2.45, 2.75) is 6.54 Å². The molecule has 16 heavy (non-hydrogen) atoms. The van der Waals surface area contributed by atoms with E-state index in [1.54, 1.807) is 6.07 Å². The SMILES string of the molecule is O=C(O)c1ccc(=O)n(Cc2ccon2)c1. The van der Waals surface area contributed by atoms with Gasteiger partial charge < -0.3 is 14.2 Å². The second-order valence-corrected chi connectivity index (χ2v) is 3.18. The Labute approximate surface area is 89.7 Å². The van der Waals surface area contributed by atoms with E-state index in [4.69, 9.17) is 5.11 Å². The Morgan fingerprint density at radius 3 is 2.88 bits per heavy atom. The molecule has 0 spiro atoms. The molecule has 0 saturated carbocycles. The number of carboxylic acids is 1. The average Bonchev–Trinajstić information content (AvgIpc) is 2.73. The molecule has 0 aliphatic carbocycles. The second kappa shape index (κ2) is 4.01. The molecule has 0 radical (unpaired) electrons. The molecular weight excluding hydrogens is 212 g/mol. The fraction of sp³-hybridized carbons (Fsp3) is 0.100. The zero-order chi connectivity index (χ0) is 11.5. The van der Waals surface area contributed by atoms with Crippen molar-refractivity contribution in [3.63, 3.8) is 0 Å². The number of aromatic carboxylic acids is 1. The van der Waals surface area contributed by atoms with Gasteiger partial charge in [0.05, 0.1) is 12.1 Å². The second-order valence-electron chi connectivity index (χ2n) is 3.18. The third kappa shape index (κ3) is 2.00. The largest absolute Gasteiger partial charge is 0.478 e. The van der Waals surface area contributed by atoms with Crippen LogP contribution >= 0.6 is 0 Å². The van der Waals surface area contributed by atoms with E-state index in [1.807, 2.05) is 0 Å². The number of rotatable bonds is 3. The highest BCUT2D eigenvalue weighted by Crippen LogP contribution is 2.00. The van der Waals surface area contributed by atoms with Gasteiger partial charge in [0.25, 0.3) is 5.56 Å². The summed E-state index contributed by atoms with van der Waals surface area (Å²) < 4.78 is 5.89. The molecule has 6 heteroatoms. The summed E-state index contributed by atoms with van der Waals surface area (Å²) in [6.07, 6.45) is 2.67. The van der Waals surface area contributed by atoms with Crippen LogP contribution in [0.1, 0.15) is 16.1 Å². The van der Waals surface area contributed by atoms with Crippen molar-refractivity contribution in [3.8, 4) is 0 Å². The number of aromatic nitrogens is 2. The Kier molecular flexibility index (Phi) is 2.55. The Bertz CT molecular complexity index is 556. The average molecular weight is 220 g/mol. The molecule has 0 fully saturated rings. The lowest BCUT2D eigenvalue weighted by Gasteiger charge is -2.03. The third-order valence-electron chi connectivity index (χ3n) is 2.05. The van der Waals surface area contributed by atoms with Gasteiger partial charge in [-0.25, -0.2) is 4.79 Å². The maximum atomic E-state index is 11.4. The number of carboxylic acid groups (broad SMARTS) is 1. The number of nitrogens with zero attached hydrogens (tertiary/aromatic N) is 2. The molecule has 0 aromatic carbocycles. The topological polar surface area (TPSA) is 85.3 Å². The Hall–Kier alpha value is -2.37. The highest BCUT2D eigenvalue weighted by atomic mass is 16.5. The monoisotopic (exact) mass is 220 g/mol. The van der Waals surface area contributed by atoms with Crippen molar-refractivity contribution < 1.29 is 14.4 Å². The summed E-state index contributed by atoms with van der Waals surface area (Å²) in [5.41, 5.74) is 0.334. The van der Waals surface area contributed by atoms with Gasteiger partial charge in [0.1, 0.15) is 12.0 Å². The first kappa shape index (κ1) is 10.2. The van der Waals surface area contributed by atoms with Gasteiger partial charge in [0, 0.05) is 18.3 Å². The van der Waals surface area contributed by atoms with E-state index in [1.165, 1.54) is 29.2 Å². The van der Waals surface area contributed by atoms with Crippen LogP contribution in [0.4, 0.5) is 0 Å². The normalized spacial score (nSPS) is 10.2. The smallest absolute Gasteiger partial charge is 0.337 e. The van der Waals surface area contributed by atoms with Crippen LogP contribution in [0.3, 0.4) is 0 Å². The molecule has 0 bridgehead atoms. The van der Waals surface area contributed by atoms with Crippen LogP contribution in [0, 0.1) is 0 Å². The first-order chi connectivity index (χ1) is 7.66. The summed E-state index contributed by atoms with van der Waals surface area (Å²) in [6, 6.07) is 4.09. The Morgan fingerprint density at radius 1 is 1.44 bits per heavy atom. The molecule has 2 heterocycles. The first-order valence-electron chi connectivity index (χ1n) is 4.50. The fourth-order valence-electron chi connectivity index (χ4n) is 1.28. The molecular formula is C10H8N2O4. The molecule has 2 rings (SSSR count). The Morgan fingerprint density at radius 2 is 2.25 bits per heavy atom. The van der Waals surface area contributed by atoms with E-state index in [9.17, 15) is 9.59 Å². The number of hydrogen-bond donors (Lipinski definition) is 1. The lowest BCUT2D eigenvalue weighted by atomic mass is 10.3. The van der Waals surface area contributed by atoms with E-state index >= 15 is 0 Å². The van der Waals surface area contributed by atoms with Crippen LogP contribution in [0.15, 0.2) is 40.0 Å². The van der Waals surface area contributed by atoms with Crippen molar-refractivity contribution >= 4 is 5.97 Å². The van der Waals surface area contributed by atoms with Gasteiger partial charge in [-0.1, -0.05) is 5.16 Å². The predicted molar refractivity (Wildman–Crippen MR) is 53.3 cm³/mol. The maximum absolute atomic E-state index is 11.4. The first-order valence-corrected chi connectivity index (χ1v) is 4.50. The van der Waals surface area contributed by atoms with Crippen molar-refractivity contribution in [2.24, 2.45) is 0 Å². The van der Waals surface area contributed by atoms with Crippen LogP contribution in [0.5, 0.6) is 0 Å². The van der Waals surface area contributed by atoms with Gasteiger partial charge >= 0.3 is 5.97 Å². The summed E-state index contributed by atoms with van der Waals surface area (Å²) in [4.78, 5) is 22.1. The molecule has 82 valence electrons. The van der Waals surface area contributed by atoms with Crippen LogP contribution < -0.4 is 5.56 Å². The van der Waals surface area contributed by atoms with Gasteiger partial charge in [-0.05, 0) is 6.07 Å². The van der Waals surface area contributed by atoms with Gasteiger partial charge in [-0.3, -0.25) is 4.79 Å². The molecule has 0 unspecified atom stereocenters. The van der Waals surface area contributed by atoms with Crippen LogP contribution in [-0.2, 0) is 6.54 Å². The summed E-state index contributed by atoms with van der Waals surface area (Å²) in [7, 11) is 0. The van der Waals surface area contributed by atoms with Gasteiger partial charge in [0.2, 0.25) is 0 Å². The molecule has 0 saturated heterocycles. The summed E-state index contributed by atoms with van der Waals surface area (Å²) in [5, 5.41) is 12.4. The summed E-state index contributed by atoms with van der Waals surface area (Å²) >= 11 is 0. The standard InChI is InChI=1S/C10H8N2O4/c13-9-2-1-7(10(14)15)5-12(9)6-8-3-4-16-11-8/h1-5H,6H2,(H,14,15). The molecule has 2 aromatic rings. The zero-order valence-electron chi connectivity index (χ0n) is 8.16. The minimum absolute atomic E-state index is 0.0584. The molecule has 0 aliphatic rings. The molecule has 0 atom stereocenters. The maximum Gasteiger partial charge on any atom is 0.337 e. The minimum Gasteiger partial charge on any atom is -0.478 e. The van der Waals surface area contributed by atoms with E-state index in [0.29, 0.717) is 5.69 Å². The molecule has 0 aliphatic heterocycles. The molecule has 2 aromatic heterocycles. The van der Waals surface area contributed by atoms with E-state index < -0.39 is 5.97 Å². The number of hydrogen-bond acceptors (Lipinski definition) is 4. The van der Waals surface area contributed by atoms with Crippen molar-refractivity contribution in [1.29, 1.82) is 0 Å². The minimum atomic E-state index is -1.08. The van der Waals surface area contributed by atoms with Crippen molar-refractivity contribution in [2.75, 3.05) is 0 Å². The van der Waals surface area contributed by atoms with Crippen molar-refractivity contribution in [3.05, 3.63) is 52.3 Å².